The van der Waals surface area contributed by atoms with Crippen molar-refractivity contribution in [3.05, 3.63) is 35.9 Å². The van der Waals surface area contributed by atoms with Crippen LogP contribution in [0.3, 0.4) is 0 Å². The van der Waals surface area contributed by atoms with Crippen molar-refractivity contribution >= 4 is 5.96 Å². The summed E-state index contributed by atoms with van der Waals surface area (Å²) in [6.07, 6.45) is 1.54. The monoisotopic (exact) mass is 332 g/mol. The van der Waals surface area contributed by atoms with Gasteiger partial charge in [-0.1, -0.05) is 6.07 Å². The summed E-state index contributed by atoms with van der Waals surface area (Å²) in [5.41, 5.74) is 0.899. The zero-order valence-electron chi connectivity index (χ0n) is 14.5. The summed E-state index contributed by atoms with van der Waals surface area (Å²) in [7, 11) is 5.33. The number of aryl methyl sites for hydroxylation is 1. The number of phenols is 1. The van der Waals surface area contributed by atoms with Crippen molar-refractivity contribution in [2.75, 3.05) is 20.7 Å². The smallest absolute Gasteiger partial charge is 0.194 e. The Morgan fingerprint density at radius 1 is 1.46 bits per heavy atom. The van der Waals surface area contributed by atoms with E-state index in [1.807, 2.05) is 32.0 Å². The van der Waals surface area contributed by atoms with E-state index < -0.39 is 0 Å². The van der Waals surface area contributed by atoms with Gasteiger partial charge in [0.2, 0.25) is 0 Å². The van der Waals surface area contributed by atoms with Gasteiger partial charge in [-0.2, -0.15) is 5.10 Å². The highest BCUT2D eigenvalue weighted by atomic mass is 16.5. The van der Waals surface area contributed by atoms with Crippen LogP contribution in [0.1, 0.15) is 18.3 Å². The number of aromatic nitrogens is 3. The molecule has 2 N–H and O–H groups in total. The second-order valence-corrected chi connectivity index (χ2v) is 5.33. The molecular formula is C16H24N6O2. The number of phenolic OH excluding ortho intramolecular Hbond substituents is 1. The molecule has 0 unspecified atom stereocenters. The van der Waals surface area contributed by atoms with Gasteiger partial charge in [0.05, 0.1) is 20.2 Å². The molecular weight excluding hydrogens is 308 g/mol. The van der Waals surface area contributed by atoms with Crippen molar-refractivity contribution in [2.24, 2.45) is 12.0 Å². The SMILES string of the molecule is CCNC(=NCc1ccc(OC)c(O)c1)N(C)Cc1ncnn1C. The molecule has 0 aliphatic carbocycles. The van der Waals surface area contributed by atoms with Crippen LogP contribution in [0, 0.1) is 0 Å². The number of ether oxygens (including phenoxy) is 1. The largest absolute Gasteiger partial charge is 0.504 e. The fraction of sp³-hybridized carbons (Fsp3) is 0.438. The normalized spacial score (nSPS) is 11.4. The molecule has 0 saturated carbocycles. The maximum absolute atomic E-state index is 9.85. The molecule has 0 amide bonds. The molecule has 0 bridgehead atoms. The average Bonchev–Trinajstić information content (AvgIpc) is 2.96. The van der Waals surface area contributed by atoms with E-state index in [9.17, 15) is 5.11 Å². The van der Waals surface area contributed by atoms with Crippen LogP contribution in [-0.2, 0) is 20.1 Å². The number of hydrogen-bond donors (Lipinski definition) is 2. The Labute approximate surface area is 141 Å². The van der Waals surface area contributed by atoms with Gasteiger partial charge in [-0.25, -0.2) is 9.98 Å². The average molecular weight is 332 g/mol. The predicted molar refractivity (Wildman–Crippen MR) is 91.9 cm³/mol. The van der Waals surface area contributed by atoms with E-state index >= 15 is 0 Å². The van der Waals surface area contributed by atoms with Gasteiger partial charge in [0.1, 0.15) is 12.2 Å². The molecule has 24 heavy (non-hydrogen) atoms. The number of nitrogens with one attached hydrogen (secondary N) is 1. The first-order valence-corrected chi connectivity index (χ1v) is 7.73. The second kappa shape index (κ2) is 8.19. The van der Waals surface area contributed by atoms with Crippen molar-refractivity contribution in [1.82, 2.24) is 25.0 Å². The fourth-order valence-corrected chi connectivity index (χ4v) is 2.22. The zero-order valence-corrected chi connectivity index (χ0v) is 14.5. The lowest BCUT2D eigenvalue weighted by molar-refractivity contribution is 0.373. The highest BCUT2D eigenvalue weighted by Crippen LogP contribution is 2.26. The number of hydrogen-bond acceptors (Lipinski definition) is 5. The lowest BCUT2D eigenvalue weighted by atomic mass is 10.2. The lowest BCUT2D eigenvalue weighted by Gasteiger charge is -2.21. The molecule has 1 heterocycles. The summed E-state index contributed by atoms with van der Waals surface area (Å²) < 4.78 is 6.79. The first-order chi connectivity index (χ1) is 11.5. The molecule has 130 valence electrons. The minimum atomic E-state index is 0.114. The van der Waals surface area contributed by atoms with Crippen LogP contribution in [0.5, 0.6) is 11.5 Å². The van der Waals surface area contributed by atoms with Gasteiger partial charge >= 0.3 is 0 Å². The molecule has 1 aromatic carbocycles. The fourth-order valence-electron chi connectivity index (χ4n) is 2.22. The summed E-state index contributed by atoms with van der Waals surface area (Å²) in [5.74, 6) is 2.18. The summed E-state index contributed by atoms with van der Waals surface area (Å²) >= 11 is 0. The van der Waals surface area contributed by atoms with Gasteiger partial charge in [-0.15, -0.1) is 0 Å². The maximum Gasteiger partial charge on any atom is 0.194 e. The van der Waals surface area contributed by atoms with Gasteiger partial charge < -0.3 is 20.1 Å². The maximum atomic E-state index is 9.85. The molecule has 0 saturated heterocycles. The van der Waals surface area contributed by atoms with Gasteiger partial charge in [-0.3, -0.25) is 4.68 Å². The number of nitrogens with zero attached hydrogens (tertiary/aromatic N) is 5. The van der Waals surface area contributed by atoms with Gasteiger partial charge in [0, 0.05) is 20.6 Å². The molecule has 0 atom stereocenters. The van der Waals surface area contributed by atoms with Crippen LogP contribution in [0.2, 0.25) is 0 Å². The van der Waals surface area contributed by atoms with Crippen LogP contribution >= 0.6 is 0 Å². The van der Waals surface area contributed by atoms with E-state index in [2.05, 4.69) is 20.4 Å². The lowest BCUT2D eigenvalue weighted by Crippen LogP contribution is -2.39. The Hall–Kier alpha value is -2.77. The molecule has 2 rings (SSSR count). The van der Waals surface area contributed by atoms with E-state index in [0.717, 1.165) is 23.9 Å². The summed E-state index contributed by atoms with van der Waals surface area (Å²) in [6.45, 7) is 3.82. The number of aliphatic imine (C=N–C) groups is 1. The Bertz CT molecular complexity index is 698. The Kier molecular flexibility index (Phi) is 6.00. The molecule has 8 heteroatoms. The van der Waals surface area contributed by atoms with Crippen LogP contribution in [-0.4, -0.2) is 51.4 Å². The van der Waals surface area contributed by atoms with E-state index in [0.29, 0.717) is 18.8 Å². The number of benzene rings is 1. The molecule has 0 aliphatic heterocycles. The first-order valence-electron chi connectivity index (χ1n) is 7.73. The quantitative estimate of drug-likeness (QED) is 0.609. The topological polar surface area (TPSA) is 87.8 Å². The summed E-state index contributed by atoms with van der Waals surface area (Å²) in [5, 5.41) is 17.2. The highest BCUT2D eigenvalue weighted by molar-refractivity contribution is 5.79. The standard InChI is InChI=1S/C16H24N6O2/c1-5-17-16(21(2)10-15-19-11-20-22(15)3)18-9-12-6-7-14(24-4)13(23)8-12/h6-8,11,23H,5,9-10H2,1-4H3,(H,17,18). The molecule has 0 aliphatic rings. The molecule has 8 nitrogen and oxygen atoms in total. The summed E-state index contributed by atoms with van der Waals surface area (Å²) in [6, 6.07) is 5.28. The molecule has 0 radical (unpaired) electrons. The number of methoxy groups -OCH3 is 1. The van der Waals surface area contributed by atoms with Gasteiger partial charge in [-0.05, 0) is 24.6 Å². The Morgan fingerprint density at radius 2 is 2.25 bits per heavy atom. The van der Waals surface area contributed by atoms with E-state index in [4.69, 9.17) is 4.74 Å². The third-order valence-corrected chi connectivity index (χ3v) is 3.53. The predicted octanol–water partition coefficient (Wildman–Crippen LogP) is 1.13. The number of aromatic hydroxyl groups is 1. The van der Waals surface area contributed by atoms with Crippen molar-refractivity contribution in [1.29, 1.82) is 0 Å². The Morgan fingerprint density at radius 3 is 2.83 bits per heavy atom. The Balaban J connectivity index is 2.09. The zero-order chi connectivity index (χ0) is 17.5. The van der Waals surface area contributed by atoms with Crippen molar-refractivity contribution in [3.8, 4) is 11.5 Å². The van der Waals surface area contributed by atoms with E-state index in [1.54, 1.807) is 16.8 Å². The third kappa shape index (κ3) is 4.37. The number of rotatable bonds is 6. The van der Waals surface area contributed by atoms with Gasteiger partial charge in [0.15, 0.2) is 17.5 Å². The first kappa shape index (κ1) is 17.6. The van der Waals surface area contributed by atoms with Crippen LogP contribution in [0.15, 0.2) is 29.5 Å². The molecule has 0 spiro atoms. The number of guanidine groups is 1. The van der Waals surface area contributed by atoms with E-state index in [-0.39, 0.29) is 5.75 Å². The minimum absolute atomic E-state index is 0.114. The van der Waals surface area contributed by atoms with Crippen molar-refractivity contribution in [2.45, 2.75) is 20.0 Å². The highest BCUT2D eigenvalue weighted by Gasteiger charge is 2.10. The molecule has 0 fully saturated rings. The molecule has 2 aromatic rings. The minimum Gasteiger partial charge on any atom is -0.504 e. The van der Waals surface area contributed by atoms with Crippen LogP contribution < -0.4 is 10.1 Å². The third-order valence-electron chi connectivity index (χ3n) is 3.53. The second-order valence-electron chi connectivity index (χ2n) is 5.33. The van der Waals surface area contributed by atoms with Crippen LogP contribution in [0.4, 0.5) is 0 Å². The van der Waals surface area contributed by atoms with E-state index in [1.165, 1.54) is 13.4 Å². The van der Waals surface area contributed by atoms with Crippen LogP contribution in [0.25, 0.3) is 0 Å². The summed E-state index contributed by atoms with van der Waals surface area (Å²) in [4.78, 5) is 10.8. The van der Waals surface area contributed by atoms with Crippen molar-refractivity contribution in [3.63, 3.8) is 0 Å². The van der Waals surface area contributed by atoms with Crippen molar-refractivity contribution < 1.29 is 9.84 Å². The molecule has 1 aromatic heterocycles. The van der Waals surface area contributed by atoms with Gasteiger partial charge in [0.25, 0.3) is 0 Å².